The number of imidazole rings is 1. The summed E-state index contributed by atoms with van der Waals surface area (Å²) < 4.78 is 15.5. The fraction of sp³-hybridized carbons (Fsp3) is 0.481. The highest BCUT2D eigenvalue weighted by atomic mass is 16.5. The first-order chi connectivity index (χ1) is 32.8. The van der Waals surface area contributed by atoms with Gasteiger partial charge in [0.25, 0.3) is 5.56 Å². The Hall–Kier alpha value is -6.55. The number of benzene rings is 3. The first-order valence-electron chi connectivity index (χ1n) is 24.0. The molecule has 3 saturated heterocycles. The molecule has 4 N–H and O–H groups in total. The molecule has 68 heavy (non-hydrogen) atoms. The normalized spacial score (nSPS) is 19.6. The fourth-order valence-corrected chi connectivity index (χ4v) is 11.0. The summed E-state index contributed by atoms with van der Waals surface area (Å²) in [6.45, 7) is 10.1. The number of hydrogen-bond donors (Lipinski definition) is 4. The molecule has 3 aromatic carbocycles. The largest absolute Gasteiger partial charge is 0.453 e. The zero-order chi connectivity index (χ0) is 47.9. The average molecular weight is 927 g/mol. The van der Waals surface area contributed by atoms with Crippen molar-refractivity contribution >= 4 is 34.9 Å². The van der Waals surface area contributed by atoms with E-state index < -0.39 is 30.3 Å². The van der Waals surface area contributed by atoms with Gasteiger partial charge in [0.15, 0.2) is 0 Å². The quantitative estimate of drug-likeness (QED) is 0.102. The van der Waals surface area contributed by atoms with E-state index in [0.29, 0.717) is 36.2 Å². The van der Waals surface area contributed by atoms with Crippen LogP contribution in [0, 0.1) is 17.3 Å². The summed E-state index contributed by atoms with van der Waals surface area (Å²) in [5.41, 5.74) is 9.18. The van der Waals surface area contributed by atoms with Crippen LogP contribution < -0.4 is 16.2 Å². The summed E-state index contributed by atoms with van der Waals surface area (Å²) in [5, 5.41) is 5.88. The smallest absolute Gasteiger partial charge is 0.407 e. The number of ether oxygens (including phenoxy) is 3. The zero-order valence-corrected chi connectivity index (χ0v) is 39.8. The van der Waals surface area contributed by atoms with Crippen LogP contribution in [0.3, 0.4) is 0 Å². The number of hydrogen-bond acceptors (Lipinski definition) is 10. The number of fused-ring (bicyclic) bond motifs is 2. The van der Waals surface area contributed by atoms with Crippen LogP contribution in [0.15, 0.2) is 65.6 Å². The van der Waals surface area contributed by atoms with E-state index in [1.54, 1.807) is 4.90 Å². The molecule has 4 amide bonds. The number of alkyl carbamates (subject to hydrolysis) is 2. The number of methoxy groups -OCH3 is 2. The molecule has 358 valence electrons. The van der Waals surface area contributed by atoms with E-state index in [-0.39, 0.29) is 40.7 Å². The number of H-pyrrole nitrogens is 2. The van der Waals surface area contributed by atoms with E-state index in [1.807, 2.05) is 57.0 Å². The van der Waals surface area contributed by atoms with Crippen molar-refractivity contribution in [3.05, 3.63) is 93.9 Å². The van der Waals surface area contributed by atoms with Crippen LogP contribution in [0.25, 0.3) is 44.4 Å². The zero-order valence-electron chi connectivity index (χ0n) is 39.8. The lowest BCUT2D eigenvalue weighted by atomic mass is 9.77. The lowest BCUT2D eigenvalue weighted by molar-refractivity contribution is -0.136. The number of carbonyl (C=O) groups is 4. The number of aromatic nitrogens is 4. The summed E-state index contributed by atoms with van der Waals surface area (Å²) in [6, 6.07) is 16.7. The SMILES string of the molecule is COC(=O)N[C@H](C(=O)N1CCC[C@@H]1c1ncc(-c2ccc(-c3ccc(-c4ccc5nc([C@@H]6CCCN6C(=O)[C@H](NC(=O)OC)C(C)C)[nH]c(=O)c5c4)c4c3CC3(CCOCC3)C4)cc2)[nH]1)C(C)C. The number of amides is 4. The molecule has 0 bridgehead atoms. The van der Waals surface area contributed by atoms with Gasteiger partial charge in [0, 0.05) is 26.3 Å². The minimum atomic E-state index is -0.778. The topological polar surface area (TPSA) is 201 Å². The van der Waals surface area contributed by atoms with Crippen LogP contribution in [-0.2, 0) is 36.6 Å². The third-order valence-electron chi connectivity index (χ3n) is 14.7. The minimum Gasteiger partial charge on any atom is -0.453 e. The van der Waals surface area contributed by atoms with Gasteiger partial charge in [-0.05, 0) is 120 Å². The molecule has 0 radical (unpaired) electrons. The third-order valence-corrected chi connectivity index (χ3v) is 14.7. The standard InChI is InChI=1S/C52H62N8O8/c1-29(2)43(56-50(64)66-5)48(62)59-21-7-9-41(59)45-53-28-40(55-45)32-13-11-31(12-14-32)34-16-17-35(38-27-52(26-37(34)38)19-23-68-24-20-52)33-15-18-39-36(25-33)47(61)58-46(54-39)42-10-8-22-60(42)49(63)44(30(3)4)57-51(65)67-6/h11-18,25,28-30,41-44H,7-10,19-24,26-27H2,1-6H3,(H,53,55)(H,56,64)(H,57,65)(H,54,58,61)/t41-,42+,43+,44-/m1/s1. The summed E-state index contributed by atoms with van der Waals surface area (Å²) in [5.74, 6) is 0.478. The second kappa shape index (κ2) is 19.2. The van der Waals surface area contributed by atoms with Crippen molar-refractivity contribution in [1.82, 2.24) is 40.4 Å². The molecule has 4 atom stereocenters. The molecule has 16 heteroatoms. The van der Waals surface area contributed by atoms with Gasteiger partial charge in [-0.25, -0.2) is 19.6 Å². The molecule has 5 heterocycles. The van der Waals surface area contributed by atoms with Crippen molar-refractivity contribution in [2.75, 3.05) is 40.5 Å². The first-order valence-corrected chi connectivity index (χ1v) is 24.0. The van der Waals surface area contributed by atoms with Gasteiger partial charge in [0.1, 0.15) is 23.7 Å². The second-order valence-electron chi connectivity index (χ2n) is 19.6. The Kier molecular flexibility index (Phi) is 13.2. The predicted molar refractivity (Wildman–Crippen MR) is 256 cm³/mol. The highest BCUT2D eigenvalue weighted by Crippen LogP contribution is 2.50. The van der Waals surface area contributed by atoms with Crippen molar-refractivity contribution in [3.8, 4) is 33.5 Å². The van der Waals surface area contributed by atoms with Crippen LogP contribution in [0.4, 0.5) is 9.59 Å². The van der Waals surface area contributed by atoms with Gasteiger partial charge in [-0.3, -0.25) is 14.4 Å². The highest BCUT2D eigenvalue weighted by molar-refractivity contribution is 5.89. The number of carbonyl (C=O) groups excluding carboxylic acids is 4. The maximum absolute atomic E-state index is 14.0. The Balaban J connectivity index is 0.979. The van der Waals surface area contributed by atoms with Crippen molar-refractivity contribution in [1.29, 1.82) is 0 Å². The van der Waals surface area contributed by atoms with Gasteiger partial charge < -0.3 is 44.6 Å². The maximum atomic E-state index is 14.0. The van der Waals surface area contributed by atoms with Crippen molar-refractivity contribution < 1.29 is 33.4 Å². The third kappa shape index (κ3) is 8.97. The highest BCUT2D eigenvalue weighted by Gasteiger charge is 2.42. The lowest BCUT2D eigenvalue weighted by Gasteiger charge is -2.33. The fourth-order valence-electron chi connectivity index (χ4n) is 11.0. The Morgan fingerprint density at radius 2 is 1.25 bits per heavy atom. The van der Waals surface area contributed by atoms with Crippen LogP contribution in [0.1, 0.15) is 101 Å². The van der Waals surface area contributed by atoms with Gasteiger partial charge in [-0.1, -0.05) is 70.2 Å². The molecule has 0 saturated carbocycles. The Morgan fingerprint density at radius 1 is 0.721 bits per heavy atom. The van der Waals surface area contributed by atoms with Crippen molar-refractivity contribution in [3.63, 3.8) is 0 Å². The number of nitrogens with one attached hydrogen (secondary N) is 4. The van der Waals surface area contributed by atoms with Crippen LogP contribution >= 0.6 is 0 Å². The van der Waals surface area contributed by atoms with Crippen molar-refractivity contribution in [2.45, 2.75) is 103 Å². The molecule has 3 aliphatic heterocycles. The molecule has 0 unspecified atom stereocenters. The molecule has 16 nitrogen and oxygen atoms in total. The van der Waals surface area contributed by atoms with E-state index >= 15 is 0 Å². The van der Waals surface area contributed by atoms with E-state index in [0.717, 1.165) is 91.9 Å². The summed E-state index contributed by atoms with van der Waals surface area (Å²) in [7, 11) is 2.56. The van der Waals surface area contributed by atoms with Crippen molar-refractivity contribution in [2.24, 2.45) is 17.3 Å². The van der Waals surface area contributed by atoms with Crippen LogP contribution in [0.5, 0.6) is 0 Å². The number of likely N-dealkylation sites (tertiary alicyclic amines) is 2. The molecular formula is C52H62N8O8. The molecule has 1 spiro atoms. The summed E-state index contributed by atoms with van der Waals surface area (Å²) in [4.78, 5) is 85.4. The predicted octanol–water partition coefficient (Wildman–Crippen LogP) is 7.63. The molecule has 2 aromatic heterocycles. The van der Waals surface area contributed by atoms with E-state index in [1.165, 1.54) is 30.9 Å². The van der Waals surface area contributed by atoms with Crippen LogP contribution in [-0.4, -0.2) is 106 Å². The van der Waals surface area contributed by atoms with Gasteiger partial charge >= 0.3 is 12.2 Å². The monoisotopic (exact) mass is 926 g/mol. The molecule has 1 aliphatic carbocycles. The van der Waals surface area contributed by atoms with E-state index in [9.17, 15) is 24.0 Å². The lowest BCUT2D eigenvalue weighted by Crippen LogP contribution is -2.51. The summed E-state index contributed by atoms with van der Waals surface area (Å²) >= 11 is 0. The Morgan fingerprint density at radius 3 is 1.81 bits per heavy atom. The number of nitrogens with zero attached hydrogens (tertiary/aromatic N) is 4. The molecule has 5 aromatic rings. The molecular weight excluding hydrogens is 865 g/mol. The number of rotatable bonds is 11. The van der Waals surface area contributed by atoms with Gasteiger partial charge in [-0.2, -0.15) is 0 Å². The van der Waals surface area contributed by atoms with E-state index in [4.69, 9.17) is 24.2 Å². The van der Waals surface area contributed by atoms with Gasteiger partial charge in [-0.15, -0.1) is 0 Å². The minimum absolute atomic E-state index is 0.0913. The maximum Gasteiger partial charge on any atom is 0.407 e. The second-order valence-corrected chi connectivity index (χ2v) is 19.6. The average Bonchev–Trinajstić information content (AvgIpc) is 4.19. The Labute approximate surface area is 395 Å². The summed E-state index contributed by atoms with van der Waals surface area (Å²) in [6.07, 6.45) is 7.32. The number of aromatic amines is 2. The molecule has 4 aliphatic rings. The Bertz CT molecular complexity index is 2780. The molecule has 9 rings (SSSR count). The van der Waals surface area contributed by atoms with Gasteiger partial charge in [0.05, 0.1) is 49.1 Å². The first kappa shape index (κ1) is 46.6. The van der Waals surface area contributed by atoms with Crippen LogP contribution in [0.2, 0.25) is 0 Å². The van der Waals surface area contributed by atoms with Gasteiger partial charge in [0.2, 0.25) is 11.8 Å². The molecule has 3 fully saturated rings. The van der Waals surface area contributed by atoms with E-state index in [2.05, 4.69) is 57.0 Å².